The van der Waals surface area contributed by atoms with E-state index < -0.39 is 5.97 Å². The van der Waals surface area contributed by atoms with Gasteiger partial charge in [-0.3, -0.25) is 4.79 Å². The third kappa shape index (κ3) is 3.90. The Morgan fingerprint density at radius 2 is 1.83 bits per heavy atom. The van der Waals surface area contributed by atoms with Crippen LogP contribution in [0.4, 0.5) is 4.39 Å². The van der Waals surface area contributed by atoms with Gasteiger partial charge in [0.05, 0.1) is 18.1 Å². The average molecular weight is 397 g/mol. The highest BCUT2D eigenvalue weighted by Gasteiger charge is 2.22. The van der Waals surface area contributed by atoms with Crippen molar-refractivity contribution in [2.75, 3.05) is 7.11 Å². The maximum Gasteiger partial charge on any atom is 0.354 e. The van der Waals surface area contributed by atoms with Crippen molar-refractivity contribution in [3.63, 3.8) is 0 Å². The van der Waals surface area contributed by atoms with Crippen LogP contribution in [-0.2, 0) is 16.1 Å². The lowest BCUT2D eigenvalue weighted by molar-refractivity contribution is -0.122. The number of aromatic nitrogens is 2. The lowest BCUT2D eigenvalue weighted by Crippen LogP contribution is -2.38. The molecule has 1 saturated carbocycles. The van der Waals surface area contributed by atoms with Crippen molar-refractivity contribution in [3.05, 3.63) is 54.1 Å². The van der Waals surface area contributed by atoms with E-state index in [1.165, 1.54) is 25.7 Å². The summed E-state index contributed by atoms with van der Waals surface area (Å²) >= 11 is 0. The van der Waals surface area contributed by atoms with Gasteiger partial charge in [-0.1, -0.05) is 19.3 Å². The smallest absolute Gasteiger partial charge is 0.354 e. The van der Waals surface area contributed by atoms with E-state index in [0.717, 1.165) is 42.4 Å². The van der Waals surface area contributed by atoms with Crippen LogP contribution in [0.15, 0.2) is 42.6 Å². The molecule has 2 heterocycles. The van der Waals surface area contributed by atoms with Crippen LogP contribution >= 0.6 is 0 Å². The molecule has 1 aliphatic rings. The van der Waals surface area contributed by atoms with Crippen LogP contribution in [0, 0.1) is 5.82 Å². The van der Waals surface area contributed by atoms with E-state index in [9.17, 15) is 14.0 Å². The Hall–Kier alpha value is -3.09. The fourth-order valence-corrected chi connectivity index (χ4v) is 4.08. The van der Waals surface area contributed by atoms with E-state index in [4.69, 9.17) is 4.74 Å². The van der Waals surface area contributed by atoms with E-state index in [2.05, 4.69) is 5.32 Å². The normalized spacial score (nSPS) is 14.8. The van der Waals surface area contributed by atoms with Crippen LogP contribution in [0.1, 0.15) is 42.6 Å². The predicted molar refractivity (Wildman–Crippen MR) is 108 cm³/mol. The molecule has 0 bridgehead atoms. The van der Waals surface area contributed by atoms with Gasteiger partial charge in [0, 0.05) is 17.9 Å². The molecular formula is C22H24FN3O3. The van der Waals surface area contributed by atoms with Crippen molar-refractivity contribution < 1.29 is 18.7 Å². The molecule has 2 aromatic heterocycles. The molecule has 0 saturated heterocycles. The molecule has 1 aliphatic carbocycles. The predicted octanol–water partition coefficient (Wildman–Crippen LogP) is 3.81. The molecule has 29 heavy (non-hydrogen) atoms. The van der Waals surface area contributed by atoms with E-state index in [1.807, 2.05) is 16.8 Å². The zero-order valence-corrected chi connectivity index (χ0v) is 16.4. The number of halogens is 1. The fourth-order valence-electron chi connectivity index (χ4n) is 4.08. The Kier molecular flexibility index (Phi) is 5.38. The van der Waals surface area contributed by atoms with Crippen molar-refractivity contribution in [2.45, 2.75) is 44.7 Å². The van der Waals surface area contributed by atoms with Crippen LogP contribution < -0.4 is 5.32 Å². The number of amides is 1. The molecule has 1 fully saturated rings. The molecule has 1 aromatic carbocycles. The number of esters is 1. The summed E-state index contributed by atoms with van der Waals surface area (Å²) in [6.45, 7) is 0.0395. The van der Waals surface area contributed by atoms with E-state index >= 15 is 0 Å². The van der Waals surface area contributed by atoms with Gasteiger partial charge in [-0.25, -0.2) is 9.18 Å². The molecule has 4 rings (SSSR count). The summed E-state index contributed by atoms with van der Waals surface area (Å²) in [4.78, 5) is 25.0. The number of benzene rings is 1. The number of carbonyl (C=O) groups excluding carboxylic acids is 2. The van der Waals surface area contributed by atoms with Gasteiger partial charge >= 0.3 is 5.97 Å². The van der Waals surface area contributed by atoms with Crippen LogP contribution in [0.25, 0.3) is 16.7 Å². The zero-order chi connectivity index (χ0) is 20.4. The summed E-state index contributed by atoms with van der Waals surface area (Å²) in [5.74, 6) is -0.934. The second kappa shape index (κ2) is 8.11. The molecule has 0 spiro atoms. The SMILES string of the molecule is COC(=O)c1cc2c(ccn2-c2ccc(F)cc2)n1CC(=O)NC1CCCCC1. The van der Waals surface area contributed by atoms with E-state index in [-0.39, 0.29) is 24.3 Å². The molecule has 0 unspecified atom stereocenters. The largest absolute Gasteiger partial charge is 0.464 e. The molecular weight excluding hydrogens is 373 g/mol. The molecule has 1 amide bonds. The first kappa shape index (κ1) is 19.2. The van der Waals surface area contributed by atoms with E-state index in [1.54, 1.807) is 22.8 Å². The minimum Gasteiger partial charge on any atom is -0.464 e. The summed E-state index contributed by atoms with van der Waals surface area (Å²) in [6.07, 6.45) is 7.32. The zero-order valence-electron chi connectivity index (χ0n) is 16.4. The minimum atomic E-state index is -0.502. The standard InChI is InChI=1S/C22H24FN3O3/c1-29-22(28)20-13-19-18(11-12-25(19)17-9-7-15(23)8-10-17)26(20)14-21(27)24-16-5-3-2-4-6-16/h7-13,16H,2-6,14H2,1H3,(H,24,27). The Bertz CT molecular complexity index is 1030. The number of hydrogen-bond donors (Lipinski definition) is 1. The van der Waals surface area contributed by atoms with Crippen LogP contribution in [0.2, 0.25) is 0 Å². The summed E-state index contributed by atoms with van der Waals surface area (Å²) in [5.41, 5.74) is 2.57. The first-order valence-corrected chi connectivity index (χ1v) is 9.91. The number of hydrogen-bond acceptors (Lipinski definition) is 3. The van der Waals surface area contributed by atoms with Crippen LogP contribution in [-0.4, -0.2) is 34.2 Å². The number of ether oxygens (including phenoxy) is 1. The quantitative estimate of drug-likeness (QED) is 0.666. The lowest BCUT2D eigenvalue weighted by atomic mass is 9.95. The number of nitrogens with one attached hydrogen (secondary N) is 1. The third-order valence-electron chi connectivity index (χ3n) is 5.53. The summed E-state index contributed by atoms with van der Waals surface area (Å²) in [5, 5.41) is 3.09. The van der Waals surface area contributed by atoms with Crippen LogP contribution in [0.3, 0.4) is 0 Å². The first-order chi connectivity index (χ1) is 14.1. The number of methoxy groups -OCH3 is 1. The number of carbonyl (C=O) groups is 2. The molecule has 6 nitrogen and oxygen atoms in total. The van der Waals surface area contributed by atoms with Gasteiger partial charge in [0.1, 0.15) is 18.1 Å². The maximum atomic E-state index is 13.3. The second-order valence-electron chi connectivity index (χ2n) is 7.44. The number of nitrogens with zero attached hydrogens (tertiary/aromatic N) is 2. The minimum absolute atomic E-state index is 0.0395. The van der Waals surface area contributed by atoms with Crippen molar-refractivity contribution in [1.29, 1.82) is 0 Å². The highest BCUT2D eigenvalue weighted by Crippen LogP contribution is 2.26. The first-order valence-electron chi connectivity index (χ1n) is 9.91. The van der Waals surface area contributed by atoms with Gasteiger partial charge in [-0.15, -0.1) is 0 Å². The second-order valence-corrected chi connectivity index (χ2v) is 7.44. The maximum absolute atomic E-state index is 13.3. The van der Waals surface area contributed by atoms with Gasteiger partial charge in [-0.2, -0.15) is 0 Å². The van der Waals surface area contributed by atoms with Crippen molar-refractivity contribution in [3.8, 4) is 5.69 Å². The molecule has 1 N–H and O–H groups in total. The molecule has 3 aromatic rings. The molecule has 0 atom stereocenters. The summed E-state index contributed by atoms with van der Waals surface area (Å²) in [7, 11) is 1.32. The number of fused-ring (bicyclic) bond motifs is 1. The Morgan fingerprint density at radius 1 is 1.10 bits per heavy atom. The van der Waals surface area contributed by atoms with Crippen LogP contribution in [0.5, 0.6) is 0 Å². The van der Waals surface area contributed by atoms with Gasteiger partial charge in [0.25, 0.3) is 0 Å². The lowest BCUT2D eigenvalue weighted by Gasteiger charge is -2.23. The van der Waals surface area contributed by atoms with Crippen molar-refractivity contribution >= 4 is 22.9 Å². The van der Waals surface area contributed by atoms with E-state index in [0.29, 0.717) is 5.69 Å². The molecule has 152 valence electrons. The third-order valence-corrected chi connectivity index (χ3v) is 5.53. The Labute approximate surface area is 168 Å². The van der Waals surface area contributed by atoms with Gasteiger partial charge in [-0.05, 0) is 49.2 Å². The monoisotopic (exact) mass is 397 g/mol. The summed E-state index contributed by atoms with van der Waals surface area (Å²) in [6, 6.07) is 9.86. The topological polar surface area (TPSA) is 65.3 Å². The van der Waals surface area contributed by atoms with Gasteiger partial charge < -0.3 is 19.2 Å². The van der Waals surface area contributed by atoms with Crippen molar-refractivity contribution in [1.82, 2.24) is 14.5 Å². The molecule has 0 aliphatic heterocycles. The highest BCUT2D eigenvalue weighted by atomic mass is 19.1. The Balaban J connectivity index is 1.67. The van der Waals surface area contributed by atoms with Gasteiger partial charge in [0.15, 0.2) is 0 Å². The summed E-state index contributed by atoms with van der Waals surface area (Å²) < 4.78 is 21.7. The number of rotatable bonds is 5. The molecule has 7 heteroatoms. The van der Waals surface area contributed by atoms with Gasteiger partial charge in [0.2, 0.25) is 5.91 Å². The Morgan fingerprint density at radius 3 is 2.52 bits per heavy atom. The van der Waals surface area contributed by atoms with Crippen molar-refractivity contribution in [2.24, 2.45) is 0 Å². The average Bonchev–Trinajstić information content (AvgIpc) is 3.29. The molecule has 0 radical (unpaired) electrons. The highest BCUT2D eigenvalue weighted by molar-refractivity contribution is 5.96. The fraction of sp³-hybridized carbons (Fsp3) is 0.364.